The van der Waals surface area contributed by atoms with Crippen molar-refractivity contribution in [3.63, 3.8) is 0 Å². The molecular formula is C16H20ClN3O2. The third-order valence-corrected chi connectivity index (χ3v) is 4.74. The van der Waals surface area contributed by atoms with Crippen molar-refractivity contribution in [2.75, 3.05) is 26.2 Å². The fraction of sp³-hybridized carbons (Fsp3) is 0.500. The molecule has 5 rings (SSSR count). The zero-order valence-electron chi connectivity index (χ0n) is 12.3. The van der Waals surface area contributed by atoms with Crippen LogP contribution in [0, 0.1) is 5.92 Å². The highest BCUT2D eigenvalue weighted by molar-refractivity contribution is 5.99. The summed E-state index contributed by atoms with van der Waals surface area (Å²) in [4.78, 5) is 19.3. The molecule has 1 aromatic carbocycles. The molecule has 0 radical (unpaired) electrons. The molecule has 1 atom stereocenters. The number of ether oxygens (including phenoxy) is 1. The lowest BCUT2D eigenvalue weighted by molar-refractivity contribution is 0.0619. The van der Waals surface area contributed by atoms with Gasteiger partial charge in [0.15, 0.2) is 5.75 Å². The van der Waals surface area contributed by atoms with Crippen molar-refractivity contribution in [2.24, 2.45) is 10.9 Å². The molecule has 1 unspecified atom stereocenters. The van der Waals surface area contributed by atoms with Gasteiger partial charge in [-0.1, -0.05) is 6.07 Å². The van der Waals surface area contributed by atoms with E-state index < -0.39 is 0 Å². The Balaban J connectivity index is 0.00000144. The van der Waals surface area contributed by atoms with E-state index in [-0.39, 0.29) is 24.4 Å². The Morgan fingerprint density at radius 1 is 1.32 bits per heavy atom. The van der Waals surface area contributed by atoms with Crippen LogP contribution < -0.4 is 10.1 Å². The first-order chi connectivity index (χ1) is 10.3. The van der Waals surface area contributed by atoms with Crippen molar-refractivity contribution in [3.05, 3.63) is 23.8 Å². The number of hydrogen-bond acceptors (Lipinski definition) is 4. The third kappa shape index (κ3) is 2.71. The Labute approximate surface area is 136 Å². The highest BCUT2D eigenvalue weighted by atomic mass is 35.5. The lowest BCUT2D eigenvalue weighted by Gasteiger charge is -2.44. The van der Waals surface area contributed by atoms with Gasteiger partial charge >= 0.3 is 0 Å². The summed E-state index contributed by atoms with van der Waals surface area (Å²) in [5.74, 6) is 1.19. The predicted octanol–water partition coefficient (Wildman–Crippen LogP) is 2.03. The van der Waals surface area contributed by atoms with Crippen molar-refractivity contribution < 1.29 is 9.53 Å². The normalized spacial score (nSPS) is 28.3. The van der Waals surface area contributed by atoms with Gasteiger partial charge in [-0.05, 0) is 44.0 Å². The molecule has 0 spiro atoms. The van der Waals surface area contributed by atoms with Crippen LogP contribution in [0.15, 0.2) is 23.2 Å². The molecule has 0 aliphatic carbocycles. The van der Waals surface area contributed by atoms with Crippen molar-refractivity contribution in [2.45, 2.75) is 18.9 Å². The average Bonchev–Trinajstić information content (AvgIpc) is 2.55. The number of hydrogen-bond donors (Lipinski definition) is 1. The van der Waals surface area contributed by atoms with Crippen molar-refractivity contribution in [1.29, 1.82) is 0 Å². The lowest BCUT2D eigenvalue weighted by Crippen LogP contribution is -2.57. The average molecular weight is 322 g/mol. The first kappa shape index (κ1) is 15.3. The zero-order valence-corrected chi connectivity index (χ0v) is 13.1. The molecule has 4 heterocycles. The second-order valence-corrected chi connectivity index (χ2v) is 5.99. The molecule has 1 N–H and O–H groups in total. The van der Waals surface area contributed by atoms with Crippen molar-refractivity contribution >= 4 is 30.2 Å². The number of piperidine rings is 3. The maximum Gasteiger partial charge on any atom is 0.255 e. The molecule has 6 heteroatoms. The maximum atomic E-state index is 12.6. The number of fused-ring (bicyclic) bond motifs is 4. The quantitative estimate of drug-likeness (QED) is 0.907. The third-order valence-electron chi connectivity index (χ3n) is 4.74. The van der Waals surface area contributed by atoms with Gasteiger partial charge in [0, 0.05) is 18.8 Å². The van der Waals surface area contributed by atoms with Gasteiger partial charge in [0.1, 0.15) is 12.3 Å². The summed E-state index contributed by atoms with van der Waals surface area (Å²) in [5.41, 5.74) is 1.34. The SMILES string of the molecule is Cl.O=C(NC1CN2CCC1CC2)c1cccc2c1OCC=N2. The van der Waals surface area contributed by atoms with E-state index >= 15 is 0 Å². The van der Waals surface area contributed by atoms with Crippen LogP contribution in [0.1, 0.15) is 23.2 Å². The van der Waals surface area contributed by atoms with Crippen LogP contribution in [0.25, 0.3) is 0 Å². The molecule has 118 valence electrons. The van der Waals surface area contributed by atoms with Gasteiger partial charge in [-0.15, -0.1) is 12.4 Å². The minimum absolute atomic E-state index is 0. The van der Waals surface area contributed by atoms with E-state index in [9.17, 15) is 4.79 Å². The van der Waals surface area contributed by atoms with Gasteiger partial charge in [-0.25, -0.2) is 0 Å². The molecule has 22 heavy (non-hydrogen) atoms. The van der Waals surface area contributed by atoms with Gasteiger partial charge in [-0.2, -0.15) is 0 Å². The molecule has 4 aliphatic heterocycles. The summed E-state index contributed by atoms with van der Waals surface area (Å²) in [7, 11) is 0. The summed E-state index contributed by atoms with van der Waals surface area (Å²) in [5, 5.41) is 3.20. The number of aliphatic imine (C=N–C) groups is 1. The molecular weight excluding hydrogens is 302 g/mol. The molecule has 5 nitrogen and oxygen atoms in total. The van der Waals surface area contributed by atoms with E-state index in [0.717, 1.165) is 12.2 Å². The Hall–Kier alpha value is -1.59. The molecule has 1 aromatic rings. The number of nitrogens with zero attached hydrogens (tertiary/aromatic N) is 2. The highest BCUT2D eigenvalue weighted by Gasteiger charge is 2.35. The largest absolute Gasteiger partial charge is 0.485 e. The number of rotatable bonds is 2. The predicted molar refractivity (Wildman–Crippen MR) is 87.8 cm³/mol. The van der Waals surface area contributed by atoms with E-state index in [1.165, 1.54) is 25.9 Å². The summed E-state index contributed by atoms with van der Waals surface area (Å²) in [6.45, 7) is 3.76. The summed E-state index contributed by atoms with van der Waals surface area (Å²) in [6, 6.07) is 5.81. The Morgan fingerprint density at radius 3 is 2.86 bits per heavy atom. The van der Waals surface area contributed by atoms with Crippen LogP contribution in [-0.4, -0.2) is 49.3 Å². The smallest absolute Gasteiger partial charge is 0.255 e. The molecule has 3 saturated heterocycles. The number of para-hydroxylation sites is 1. The number of nitrogens with one attached hydrogen (secondary N) is 1. The van der Waals surface area contributed by atoms with Crippen molar-refractivity contribution in [3.8, 4) is 5.75 Å². The molecule has 2 bridgehead atoms. The number of amides is 1. The van der Waals surface area contributed by atoms with Gasteiger partial charge in [-0.3, -0.25) is 9.79 Å². The molecule has 1 amide bonds. The second kappa shape index (κ2) is 6.26. The van der Waals surface area contributed by atoms with E-state index in [1.54, 1.807) is 6.21 Å². The van der Waals surface area contributed by atoms with Crippen LogP contribution in [0.2, 0.25) is 0 Å². The van der Waals surface area contributed by atoms with Crippen molar-refractivity contribution in [1.82, 2.24) is 10.2 Å². The standard InChI is InChI=1S/C16H19N3O2.ClH/c20-16(18-14-10-19-7-4-11(14)5-8-19)12-2-1-3-13-15(12)21-9-6-17-13;/h1-3,6,11,14H,4-5,7-10H2,(H,18,20);1H. The van der Waals surface area contributed by atoms with Crippen LogP contribution in [-0.2, 0) is 0 Å². The first-order valence-electron chi connectivity index (χ1n) is 7.63. The highest BCUT2D eigenvalue weighted by Crippen LogP contribution is 2.34. The van der Waals surface area contributed by atoms with E-state index in [4.69, 9.17) is 4.74 Å². The second-order valence-electron chi connectivity index (χ2n) is 5.99. The molecule has 3 fully saturated rings. The molecule has 0 aromatic heterocycles. The topological polar surface area (TPSA) is 53.9 Å². The number of carbonyl (C=O) groups excluding carboxylic acids is 1. The minimum Gasteiger partial charge on any atom is -0.485 e. The number of halogens is 1. The van der Waals surface area contributed by atoms with Crippen LogP contribution in [0.4, 0.5) is 5.69 Å². The van der Waals surface area contributed by atoms with Crippen LogP contribution in [0.5, 0.6) is 5.75 Å². The van der Waals surface area contributed by atoms with Gasteiger partial charge < -0.3 is 15.0 Å². The Morgan fingerprint density at radius 2 is 2.14 bits per heavy atom. The fourth-order valence-electron chi connectivity index (χ4n) is 3.59. The van der Waals surface area contributed by atoms with Gasteiger partial charge in [0.05, 0.1) is 5.56 Å². The monoisotopic (exact) mass is 321 g/mol. The van der Waals surface area contributed by atoms with Crippen LogP contribution in [0.3, 0.4) is 0 Å². The molecule has 4 aliphatic rings. The Kier molecular flexibility index (Phi) is 4.36. The van der Waals surface area contributed by atoms with E-state index in [1.807, 2.05) is 18.2 Å². The zero-order chi connectivity index (χ0) is 14.2. The lowest BCUT2D eigenvalue weighted by atomic mass is 9.84. The number of carbonyl (C=O) groups is 1. The summed E-state index contributed by atoms with van der Waals surface area (Å²) >= 11 is 0. The molecule has 0 saturated carbocycles. The maximum absolute atomic E-state index is 12.6. The van der Waals surface area contributed by atoms with Gasteiger partial charge in [0.2, 0.25) is 0 Å². The van der Waals surface area contributed by atoms with E-state index in [0.29, 0.717) is 23.8 Å². The first-order valence-corrected chi connectivity index (χ1v) is 7.63. The van der Waals surface area contributed by atoms with Crippen LogP contribution >= 0.6 is 12.4 Å². The number of benzene rings is 1. The fourth-order valence-corrected chi connectivity index (χ4v) is 3.59. The Bertz CT molecular complexity index is 597. The summed E-state index contributed by atoms with van der Waals surface area (Å²) < 4.78 is 5.61. The minimum atomic E-state index is -0.0392. The van der Waals surface area contributed by atoms with Gasteiger partial charge in [0.25, 0.3) is 5.91 Å². The summed E-state index contributed by atoms with van der Waals surface area (Å²) in [6.07, 6.45) is 4.11. The van der Waals surface area contributed by atoms with E-state index in [2.05, 4.69) is 15.2 Å².